The predicted octanol–water partition coefficient (Wildman–Crippen LogP) is 3.15. The summed E-state index contributed by atoms with van der Waals surface area (Å²) in [5.41, 5.74) is 3.21. The molecule has 0 N–H and O–H groups in total. The van der Waals surface area contributed by atoms with E-state index in [1.165, 1.54) is 10.6 Å². The topological polar surface area (TPSA) is 82.0 Å². The smallest absolute Gasteiger partial charge is 0.295 e. The van der Waals surface area contributed by atoms with E-state index in [9.17, 15) is 4.79 Å². The van der Waals surface area contributed by atoms with Crippen molar-refractivity contribution in [2.24, 2.45) is 7.05 Å². The molecule has 9 heteroatoms. The molecule has 0 aromatic carbocycles. The number of carbonyl (C=O) groups is 1. The molecule has 0 saturated carbocycles. The summed E-state index contributed by atoms with van der Waals surface area (Å²) in [4.78, 5) is 20.8. The summed E-state index contributed by atoms with van der Waals surface area (Å²) < 4.78 is 9.46. The first-order valence-electron chi connectivity index (χ1n) is 9.53. The van der Waals surface area contributed by atoms with Gasteiger partial charge in [0.2, 0.25) is 0 Å². The molecule has 5 rings (SSSR count). The molecule has 0 bridgehead atoms. The molecule has 0 atom stereocenters. The lowest BCUT2D eigenvalue weighted by Gasteiger charge is -2.16. The predicted molar refractivity (Wildman–Crippen MR) is 109 cm³/mol. The quantitative estimate of drug-likeness (QED) is 0.507. The summed E-state index contributed by atoms with van der Waals surface area (Å²) in [5.74, 6) is 0.813. The van der Waals surface area contributed by atoms with Crippen molar-refractivity contribution in [1.82, 2.24) is 24.5 Å². The molecule has 1 aliphatic rings. The second-order valence-corrected chi connectivity index (χ2v) is 7.98. The molecule has 0 radical (unpaired) electrons. The molecule has 0 fully saturated rings. The maximum atomic E-state index is 13.1. The van der Waals surface area contributed by atoms with E-state index in [0.29, 0.717) is 29.7 Å². The molecule has 0 spiro atoms. The highest BCUT2D eigenvalue weighted by Gasteiger charge is 2.28. The Morgan fingerprint density at radius 1 is 1.31 bits per heavy atom. The number of aromatic nitrogens is 5. The fraction of sp³-hybridized carbons (Fsp3) is 0.300. The number of rotatable bonds is 5. The van der Waals surface area contributed by atoms with Gasteiger partial charge >= 0.3 is 0 Å². The molecule has 0 unspecified atom stereocenters. The van der Waals surface area contributed by atoms with E-state index >= 15 is 0 Å². The van der Waals surface area contributed by atoms with Crippen molar-refractivity contribution < 1.29 is 9.21 Å². The number of nitrogens with zero attached hydrogens (tertiary/aromatic N) is 6. The maximum absolute atomic E-state index is 13.1. The van der Waals surface area contributed by atoms with Crippen molar-refractivity contribution in [1.29, 1.82) is 0 Å². The summed E-state index contributed by atoms with van der Waals surface area (Å²) in [5, 5.41) is 9.23. The van der Waals surface area contributed by atoms with E-state index in [-0.39, 0.29) is 5.91 Å². The van der Waals surface area contributed by atoms with Crippen LogP contribution in [0.25, 0.3) is 11.3 Å². The Morgan fingerprint density at radius 3 is 3.00 bits per heavy atom. The van der Waals surface area contributed by atoms with Gasteiger partial charge in [0.1, 0.15) is 5.76 Å². The van der Waals surface area contributed by atoms with E-state index in [1.54, 1.807) is 33.2 Å². The molecule has 0 saturated heterocycles. The summed E-state index contributed by atoms with van der Waals surface area (Å²) in [6, 6.07) is 5.39. The van der Waals surface area contributed by atoms with Crippen LogP contribution in [0.2, 0.25) is 0 Å². The van der Waals surface area contributed by atoms with Crippen molar-refractivity contribution in [2.75, 3.05) is 11.4 Å². The highest BCUT2D eigenvalue weighted by Crippen LogP contribution is 2.39. The first-order chi connectivity index (χ1) is 14.1. The van der Waals surface area contributed by atoms with Crippen LogP contribution >= 0.6 is 11.3 Å². The molecule has 0 aliphatic heterocycles. The highest BCUT2D eigenvalue weighted by atomic mass is 32.1. The SMILES string of the molecule is CCN(C(=O)c1ccc(Cn2cccn2)o1)c1nc2c(s1)CCc1c-2cnn1C. The molecule has 148 valence electrons. The number of carbonyl (C=O) groups excluding carboxylic acids is 1. The summed E-state index contributed by atoms with van der Waals surface area (Å²) in [6.45, 7) is 2.95. The summed E-state index contributed by atoms with van der Waals surface area (Å²) in [6.07, 6.45) is 7.29. The zero-order valence-corrected chi connectivity index (χ0v) is 17.0. The van der Waals surface area contributed by atoms with Crippen LogP contribution in [0.15, 0.2) is 41.2 Å². The van der Waals surface area contributed by atoms with E-state index < -0.39 is 0 Å². The van der Waals surface area contributed by atoms with Crippen molar-refractivity contribution in [2.45, 2.75) is 26.3 Å². The standard InChI is InChI=1S/C20H20N6O2S/c1-3-26(19(27)16-7-5-13(28-16)12-25-10-4-9-21-25)20-23-18-14-11-22-24(2)15(14)6-8-17(18)29-20/h4-5,7,9-11H,3,6,8,12H2,1-2H3. The van der Waals surface area contributed by atoms with Crippen molar-refractivity contribution in [3.05, 3.63) is 58.9 Å². The largest absolute Gasteiger partial charge is 0.454 e. The van der Waals surface area contributed by atoms with Gasteiger partial charge in [0.15, 0.2) is 10.9 Å². The fourth-order valence-electron chi connectivity index (χ4n) is 3.65. The van der Waals surface area contributed by atoms with Crippen LogP contribution in [0.3, 0.4) is 0 Å². The third kappa shape index (κ3) is 3.07. The number of aryl methyl sites for hydroxylation is 2. The molecule has 4 heterocycles. The lowest BCUT2D eigenvalue weighted by molar-refractivity contribution is 0.0959. The fourth-order valence-corrected chi connectivity index (χ4v) is 4.79. The zero-order chi connectivity index (χ0) is 20.0. The van der Waals surface area contributed by atoms with Crippen LogP contribution in [0, 0.1) is 0 Å². The Balaban J connectivity index is 1.42. The van der Waals surface area contributed by atoms with Gasteiger partial charge in [0.25, 0.3) is 5.91 Å². The zero-order valence-electron chi connectivity index (χ0n) is 16.2. The van der Waals surface area contributed by atoms with Crippen LogP contribution in [0.1, 0.15) is 33.8 Å². The Bertz CT molecular complexity index is 1170. The second kappa shape index (κ2) is 7.00. The number of hydrogen-bond acceptors (Lipinski definition) is 6. The Morgan fingerprint density at radius 2 is 2.21 bits per heavy atom. The molecule has 4 aromatic heterocycles. The molecule has 1 amide bonds. The van der Waals surface area contributed by atoms with Crippen LogP contribution in [-0.2, 0) is 26.4 Å². The molecular formula is C20H20N6O2S. The monoisotopic (exact) mass is 408 g/mol. The van der Waals surface area contributed by atoms with Crippen LogP contribution in [0.5, 0.6) is 0 Å². The van der Waals surface area contributed by atoms with Gasteiger partial charge in [0.05, 0.1) is 18.4 Å². The lowest BCUT2D eigenvalue weighted by atomic mass is 10.0. The number of anilines is 1. The van der Waals surface area contributed by atoms with Crippen LogP contribution in [0.4, 0.5) is 5.13 Å². The molecular weight excluding hydrogens is 388 g/mol. The van der Waals surface area contributed by atoms with Crippen molar-refractivity contribution in [3.63, 3.8) is 0 Å². The van der Waals surface area contributed by atoms with Gasteiger partial charge in [0, 0.05) is 42.1 Å². The Kier molecular flexibility index (Phi) is 4.31. The van der Waals surface area contributed by atoms with Crippen LogP contribution in [-0.4, -0.2) is 37.0 Å². The number of furan rings is 1. The van der Waals surface area contributed by atoms with Crippen molar-refractivity contribution >= 4 is 22.4 Å². The van der Waals surface area contributed by atoms with E-state index in [1.807, 2.05) is 43.2 Å². The van der Waals surface area contributed by atoms with Gasteiger partial charge < -0.3 is 4.42 Å². The molecule has 29 heavy (non-hydrogen) atoms. The maximum Gasteiger partial charge on any atom is 0.295 e. The Labute approximate surface area is 171 Å². The third-order valence-electron chi connectivity index (χ3n) is 5.13. The minimum absolute atomic E-state index is 0.184. The molecule has 1 aliphatic carbocycles. The Hall–Kier alpha value is -3.20. The van der Waals surface area contributed by atoms with Gasteiger partial charge in [-0.15, -0.1) is 11.3 Å². The molecule has 4 aromatic rings. The second-order valence-electron chi connectivity index (χ2n) is 6.92. The number of thiazole rings is 1. The first-order valence-corrected chi connectivity index (χ1v) is 10.3. The number of amides is 1. The average molecular weight is 408 g/mol. The lowest BCUT2D eigenvalue weighted by Crippen LogP contribution is -2.30. The molecule has 8 nitrogen and oxygen atoms in total. The van der Waals surface area contributed by atoms with Gasteiger partial charge in [-0.05, 0) is 38.0 Å². The number of fused-ring (bicyclic) bond motifs is 3. The van der Waals surface area contributed by atoms with Gasteiger partial charge in [-0.1, -0.05) is 0 Å². The normalized spacial score (nSPS) is 12.6. The summed E-state index contributed by atoms with van der Waals surface area (Å²) in [7, 11) is 1.96. The summed E-state index contributed by atoms with van der Waals surface area (Å²) >= 11 is 1.58. The van der Waals surface area contributed by atoms with Crippen LogP contribution < -0.4 is 4.90 Å². The van der Waals surface area contributed by atoms with Crippen molar-refractivity contribution in [3.8, 4) is 11.3 Å². The minimum atomic E-state index is -0.184. The third-order valence-corrected chi connectivity index (χ3v) is 6.27. The minimum Gasteiger partial charge on any atom is -0.454 e. The van der Waals surface area contributed by atoms with E-state index in [0.717, 1.165) is 24.1 Å². The first kappa shape index (κ1) is 17.9. The van der Waals surface area contributed by atoms with Gasteiger partial charge in [-0.2, -0.15) is 10.2 Å². The van der Waals surface area contributed by atoms with E-state index in [4.69, 9.17) is 9.40 Å². The van der Waals surface area contributed by atoms with E-state index in [2.05, 4.69) is 10.2 Å². The average Bonchev–Trinajstić information content (AvgIpc) is 3.49. The highest BCUT2D eigenvalue weighted by molar-refractivity contribution is 7.16. The van der Waals surface area contributed by atoms with Gasteiger partial charge in [-0.3, -0.25) is 19.1 Å². The van der Waals surface area contributed by atoms with Gasteiger partial charge in [-0.25, -0.2) is 4.98 Å². The number of hydrogen-bond donors (Lipinski definition) is 0.